The van der Waals surface area contributed by atoms with Crippen molar-refractivity contribution in [1.82, 2.24) is 25.5 Å². The molecule has 0 spiro atoms. The predicted octanol–water partition coefficient (Wildman–Crippen LogP) is 5.92. The highest BCUT2D eigenvalue weighted by molar-refractivity contribution is 6.35. The molecule has 0 amide bonds. The van der Waals surface area contributed by atoms with Crippen LogP contribution in [0.1, 0.15) is 43.9 Å². The Labute approximate surface area is 230 Å². The molecule has 8 nitrogen and oxygen atoms in total. The molecule has 2 aliphatic rings. The largest absolute Gasteiger partial charge is 0.486 e. The Morgan fingerprint density at radius 3 is 2.68 bits per heavy atom. The van der Waals surface area contributed by atoms with Gasteiger partial charge in [0, 0.05) is 48.2 Å². The molecule has 1 atom stereocenters. The number of nitrogens with zero attached hydrogens (tertiary/aromatic N) is 5. The lowest BCUT2D eigenvalue weighted by molar-refractivity contribution is 0.227. The van der Waals surface area contributed by atoms with Crippen LogP contribution in [-0.4, -0.2) is 45.3 Å². The lowest BCUT2D eigenvalue weighted by atomic mass is 9.91. The first kappa shape index (κ1) is 24.9. The SMILES string of the molecule is C[C@@H](Oc1ccc2[nH]nc(-c3cnc(N4CC(C)(NCC5CC5)C4)c(C#N)c3)c2c1)c1c(Cl)cncc1Cl. The fraction of sp³-hybridized carbons (Fsp3) is 0.357. The predicted molar refractivity (Wildman–Crippen MR) is 149 cm³/mol. The molecule has 10 heteroatoms. The highest BCUT2D eigenvalue weighted by atomic mass is 35.5. The van der Waals surface area contributed by atoms with Crippen LogP contribution in [0, 0.1) is 17.2 Å². The highest BCUT2D eigenvalue weighted by Gasteiger charge is 2.41. The highest BCUT2D eigenvalue weighted by Crippen LogP contribution is 2.36. The third-order valence-electron chi connectivity index (χ3n) is 7.30. The van der Waals surface area contributed by atoms with E-state index in [1.54, 1.807) is 18.6 Å². The molecule has 1 aromatic carbocycles. The van der Waals surface area contributed by atoms with Gasteiger partial charge in [0.15, 0.2) is 0 Å². The summed E-state index contributed by atoms with van der Waals surface area (Å²) in [6.45, 7) is 6.85. The van der Waals surface area contributed by atoms with Gasteiger partial charge < -0.3 is 15.0 Å². The van der Waals surface area contributed by atoms with E-state index in [9.17, 15) is 5.26 Å². The first-order chi connectivity index (χ1) is 18.3. The second-order valence-electron chi connectivity index (χ2n) is 10.5. The van der Waals surface area contributed by atoms with Crippen LogP contribution in [0.4, 0.5) is 5.82 Å². The van der Waals surface area contributed by atoms with Crippen LogP contribution in [0.5, 0.6) is 5.75 Å². The standard InChI is InChI=1S/C28H27Cl2N7O/c1-16(25-22(29)12-32-13-23(25)30)38-20-5-6-24-21(8-20)26(36-35-24)19-7-18(9-31)27(33-11-19)37-14-28(2,15-37)34-10-17-3-4-17/h5-8,11-13,16-17,34H,3-4,10,14-15H2,1-2H3,(H,35,36)/t16-/m1/s1. The zero-order chi connectivity index (χ0) is 26.4. The Morgan fingerprint density at radius 1 is 1.21 bits per heavy atom. The molecule has 6 rings (SSSR count). The monoisotopic (exact) mass is 547 g/mol. The molecule has 38 heavy (non-hydrogen) atoms. The van der Waals surface area contributed by atoms with Crippen molar-refractivity contribution >= 4 is 39.9 Å². The first-order valence-corrected chi connectivity index (χ1v) is 13.4. The summed E-state index contributed by atoms with van der Waals surface area (Å²) in [6.07, 6.45) is 7.15. The number of pyridine rings is 2. The minimum absolute atomic E-state index is 0.0618. The Hall–Kier alpha value is -3.38. The van der Waals surface area contributed by atoms with Gasteiger partial charge in [0.25, 0.3) is 0 Å². The lowest BCUT2D eigenvalue weighted by Crippen LogP contribution is -2.68. The summed E-state index contributed by atoms with van der Waals surface area (Å²) in [7, 11) is 0. The number of ether oxygens (including phenoxy) is 1. The maximum absolute atomic E-state index is 9.93. The maximum Gasteiger partial charge on any atom is 0.146 e. The van der Waals surface area contributed by atoms with Gasteiger partial charge in [-0.1, -0.05) is 23.2 Å². The average Bonchev–Trinajstić information content (AvgIpc) is 3.63. The van der Waals surface area contributed by atoms with Gasteiger partial charge in [0.1, 0.15) is 29.4 Å². The van der Waals surface area contributed by atoms with Crippen molar-refractivity contribution in [2.75, 3.05) is 24.5 Å². The number of H-pyrrole nitrogens is 1. The number of fused-ring (bicyclic) bond motifs is 1. The van der Waals surface area contributed by atoms with Gasteiger partial charge in [-0.25, -0.2) is 4.98 Å². The molecule has 1 saturated carbocycles. The minimum atomic E-state index is -0.391. The van der Waals surface area contributed by atoms with Gasteiger partial charge in [-0.05, 0) is 63.4 Å². The van der Waals surface area contributed by atoms with Crippen molar-refractivity contribution in [3.63, 3.8) is 0 Å². The van der Waals surface area contributed by atoms with Gasteiger partial charge in [0.2, 0.25) is 0 Å². The normalized spacial score (nSPS) is 17.2. The number of anilines is 1. The van der Waals surface area contributed by atoms with Crippen molar-refractivity contribution in [2.45, 2.75) is 38.3 Å². The Bertz CT molecular complexity index is 1530. The summed E-state index contributed by atoms with van der Waals surface area (Å²) >= 11 is 12.6. The van der Waals surface area contributed by atoms with Crippen molar-refractivity contribution in [3.8, 4) is 23.1 Å². The number of aromatic amines is 1. The second kappa shape index (κ2) is 9.73. The molecule has 194 valence electrons. The molecule has 0 radical (unpaired) electrons. The molecule has 2 fully saturated rings. The molecule has 1 aliphatic carbocycles. The molecule has 4 heterocycles. The molecule has 2 N–H and O–H groups in total. The summed E-state index contributed by atoms with van der Waals surface area (Å²) < 4.78 is 6.19. The number of rotatable bonds is 8. The van der Waals surface area contributed by atoms with Crippen molar-refractivity contribution in [2.24, 2.45) is 5.92 Å². The van der Waals surface area contributed by atoms with Crippen LogP contribution < -0.4 is 15.0 Å². The molecular weight excluding hydrogens is 521 g/mol. The fourth-order valence-electron chi connectivity index (χ4n) is 5.05. The number of aromatic nitrogens is 4. The van der Waals surface area contributed by atoms with Crippen molar-refractivity contribution in [1.29, 1.82) is 5.26 Å². The average molecular weight is 548 g/mol. The van der Waals surface area contributed by atoms with E-state index in [0.717, 1.165) is 42.0 Å². The molecule has 1 saturated heterocycles. The van der Waals surface area contributed by atoms with Gasteiger partial charge in [-0.15, -0.1) is 0 Å². The fourth-order valence-corrected chi connectivity index (χ4v) is 5.72. The van der Waals surface area contributed by atoms with E-state index < -0.39 is 6.10 Å². The number of hydrogen-bond donors (Lipinski definition) is 2. The minimum Gasteiger partial charge on any atom is -0.486 e. The number of benzene rings is 1. The number of hydrogen-bond acceptors (Lipinski definition) is 7. The molecule has 3 aromatic heterocycles. The summed E-state index contributed by atoms with van der Waals surface area (Å²) in [5, 5.41) is 23.0. The van der Waals surface area contributed by atoms with Gasteiger partial charge in [-0.3, -0.25) is 10.1 Å². The van der Waals surface area contributed by atoms with E-state index in [0.29, 0.717) is 38.4 Å². The van der Waals surface area contributed by atoms with Crippen LogP contribution in [0.15, 0.2) is 42.9 Å². The third-order valence-corrected chi connectivity index (χ3v) is 7.90. The molecule has 0 bridgehead atoms. The van der Waals surface area contributed by atoms with E-state index in [2.05, 4.69) is 38.4 Å². The van der Waals surface area contributed by atoms with Crippen molar-refractivity contribution in [3.05, 3.63) is 64.0 Å². The summed E-state index contributed by atoms with van der Waals surface area (Å²) in [5.41, 5.74) is 3.59. The maximum atomic E-state index is 9.93. The number of nitriles is 1. The van der Waals surface area contributed by atoms with E-state index in [4.69, 9.17) is 32.9 Å². The first-order valence-electron chi connectivity index (χ1n) is 12.7. The van der Waals surface area contributed by atoms with Crippen LogP contribution in [0.3, 0.4) is 0 Å². The van der Waals surface area contributed by atoms with E-state index in [-0.39, 0.29) is 5.54 Å². The van der Waals surface area contributed by atoms with Gasteiger partial charge in [0.05, 0.1) is 26.7 Å². The zero-order valence-electron chi connectivity index (χ0n) is 21.1. The summed E-state index contributed by atoms with van der Waals surface area (Å²) in [4.78, 5) is 10.9. The molecular formula is C28H27Cl2N7O. The summed E-state index contributed by atoms with van der Waals surface area (Å²) in [5.74, 6) is 2.18. The number of halogens is 2. The van der Waals surface area contributed by atoms with Crippen LogP contribution in [0.2, 0.25) is 10.0 Å². The van der Waals surface area contributed by atoms with E-state index >= 15 is 0 Å². The zero-order valence-corrected chi connectivity index (χ0v) is 22.6. The molecule has 1 aliphatic heterocycles. The lowest BCUT2D eigenvalue weighted by Gasteiger charge is -2.49. The smallest absolute Gasteiger partial charge is 0.146 e. The van der Waals surface area contributed by atoms with Crippen LogP contribution in [-0.2, 0) is 0 Å². The third kappa shape index (κ3) is 4.78. The van der Waals surface area contributed by atoms with Gasteiger partial charge in [-0.2, -0.15) is 10.4 Å². The van der Waals surface area contributed by atoms with E-state index in [1.807, 2.05) is 31.2 Å². The molecule has 4 aromatic rings. The van der Waals surface area contributed by atoms with Crippen LogP contribution >= 0.6 is 23.2 Å². The van der Waals surface area contributed by atoms with Gasteiger partial charge >= 0.3 is 0 Å². The number of nitrogens with one attached hydrogen (secondary N) is 2. The quantitative estimate of drug-likeness (QED) is 0.282. The van der Waals surface area contributed by atoms with E-state index in [1.165, 1.54) is 12.8 Å². The Kier molecular flexibility index (Phi) is 6.39. The topological polar surface area (TPSA) is 103 Å². The van der Waals surface area contributed by atoms with Crippen LogP contribution in [0.25, 0.3) is 22.2 Å². The second-order valence-corrected chi connectivity index (χ2v) is 11.3. The molecule has 0 unspecified atom stereocenters. The van der Waals surface area contributed by atoms with Crippen molar-refractivity contribution < 1.29 is 4.74 Å². The Balaban J connectivity index is 1.23. The summed E-state index contributed by atoms with van der Waals surface area (Å²) in [6, 6.07) is 9.88. The Morgan fingerprint density at radius 2 is 1.97 bits per heavy atom.